The first-order valence-corrected chi connectivity index (χ1v) is 12.7. The number of benzene rings is 2. The van der Waals surface area contributed by atoms with Crippen LogP contribution in [0.5, 0.6) is 0 Å². The average molecular weight is 583 g/mol. The van der Waals surface area contributed by atoms with Gasteiger partial charge in [0, 0.05) is 36.8 Å². The van der Waals surface area contributed by atoms with Crippen molar-refractivity contribution in [3.63, 3.8) is 0 Å². The summed E-state index contributed by atoms with van der Waals surface area (Å²) in [5, 5.41) is 22.7. The zero-order valence-electron chi connectivity index (χ0n) is 20.3. The molecule has 0 bridgehead atoms. The van der Waals surface area contributed by atoms with Crippen LogP contribution in [0.1, 0.15) is 5.82 Å². The van der Waals surface area contributed by atoms with E-state index in [2.05, 4.69) is 20.5 Å². The molecule has 1 aliphatic heterocycles. The number of hydrogen-bond donors (Lipinski definition) is 2. The lowest BCUT2D eigenvalue weighted by molar-refractivity contribution is -0.207. The van der Waals surface area contributed by atoms with E-state index in [-0.39, 0.29) is 18.2 Å². The topological polar surface area (TPSA) is 106 Å². The highest BCUT2D eigenvalue weighted by Crippen LogP contribution is 2.26. The van der Waals surface area contributed by atoms with E-state index in [0.717, 1.165) is 22.3 Å². The molecule has 4 aromatic rings. The van der Waals surface area contributed by atoms with Crippen molar-refractivity contribution < 1.29 is 18.3 Å². The molecule has 1 atom stereocenters. The van der Waals surface area contributed by atoms with E-state index in [0.29, 0.717) is 40.3 Å². The highest BCUT2D eigenvalue weighted by atomic mass is 35.5. The molecule has 2 N–H and O–H groups in total. The van der Waals surface area contributed by atoms with E-state index in [1.165, 1.54) is 24.3 Å². The van der Waals surface area contributed by atoms with Crippen LogP contribution in [0.25, 0.3) is 17.1 Å². The van der Waals surface area contributed by atoms with Gasteiger partial charge in [-0.05, 0) is 36.4 Å². The first kappa shape index (κ1) is 27.2. The Kier molecular flexibility index (Phi) is 7.67. The molecule has 0 spiro atoms. The quantitative estimate of drug-likeness (QED) is 0.345. The fraction of sp³-hybridized carbons (Fsp3) is 0.333. The second-order valence-electron chi connectivity index (χ2n) is 8.87. The van der Waals surface area contributed by atoms with Gasteiger partial charge in [0.25, 0.3) is 0 Å². The Bertz CT molecular complexity index is 1510. The number of nitrogens with one attached hydrogen (secondary N) is 1. The summed E-state index contributed by atoms with van der Waals surface area (Å²) in [5.41, 5.74) is 0.0706. The highest BCUT2D eigenvalue weighted by Gasteiger charge is 2.39. The Labute approximate surface area is 230 Å². The largest absolute Gasteiger partial charge is 0.416 e. The van der Waals surface area contributed by atoms with Crippen LogP contribution in [0.3, 0.4) is 0 Å². The molecular weight excluding hydrogens is 560 g/mol. The fourth-order valence-corrected chi connectivity index (χ4v) is 4.54. The fourth-order valence-electron chi connectivity index (χ4n) is 4.20. The van der Waals surface area contributed by atoms with Gasteiger partial charge in [0.2, 0.25) is 5.95 Å². The minimum atomic E-state index is -4.92. The number of halogens is 5. The number of nitrogens with zero attached hydrogens (tertiary/aromatic N) is 7. The smallest absolute Gasteiger partial charge is 0.382 e. The molecule has 5 rings (SSSR count). The van der Waals surface area contributed by atoms with Crippen molar-refractivity contribution in [2.75, 3.05) is 31.1 Å². The van der Waals surface area contributed by atoms with E-state index < -0.39 is 24.5 Å². The van der Waals surface area contributed by atoms with Crippen molar-refractivity contribution in [2.24, 2.45) is 0 Å². The summed E-state index contributed by atoms with van der Waals surface area (Å²) in [6.07, 6.45) is -7.69. The van der Waals surface area contributed by atoms with Crippen molar-refractivity contribution in [1.29, 1.82) is 0 Å². The van der Waals surface area contributed by atoms with Crippen LogP contribution in [0, 0.1) is 0 Å². The number of rotatable bonds is 7. The Morgan fingerprint density at radius 3 is 2.38 bits per heavy atom. The molecule has 2 aromatic carbocycles. The first-order chi connectivity index (χ1) is 18.6. The molecule has 1 unspecified atom stereocenters. The van der Waals surface area contributed by atoms with Gasteiger partial charge >= 0.3 is 11.9 Å². The lowest BCUT2D eigenvalue weighted by atomic mass is 10.2. The Morgan fingerprint density at radius 2 is 1.72 bits per heavy atom. The molecule has 0 amide bonds. The molecule has 10 nitrogen and oxygen atoms in total. The summed E-state index contributed by atoms with van der Waals surface area (Å²) in [4.78, 5) is 19.9. The third kappa shape index (κ3) is 5.81. The zero-order valence-corrected chi connectivity index (χ0v) is 21.8. The second-order valence-corrected chi connectivity index (χ2v) is 9.71. The van der Waals surface area contributed by atoms with Gasteiger partial charge < -0.3 is 15.3 Å². The van der Waals surface area contributed by atoms with Gasteiger partial charge in [0.05, 0.1) is 17.3 Å². The Hall–Kier alpha value is -3.39. The van der Waals surface area contributed by atoms with E-state index in [1.54, 1.807) is 28.9 Å². The normalized spacial score (nSPS) is 15.1. The van der Waals surface area contributed by atoms with Gasteiger partial charge in [-0.2, -0.15) is 22.8 Å². The standard InChI is InChI=1S/C24H23Cl2F3N8O2/c25-16-7-5-15(6-8-16)21-33-36(23(39)35(21)13-19(38)24(27,28)29)14-20-31-22(34-11-9-30-10-12-34)37(32-20)18-4-2-1-3-17(18)26/h1-8,19,30,38H,9-14H2. The molecule has 39 heavy (non-hydrogen) atoms. The van der Waals surface area contributed by atoms with Crippen LogP contribution < -0.4 is 15.9 Å². The number of alkyl halides is 3. The summed E-state index contributed by atoms with van der Waals surface area (Å²) in [7, 11) is 0. The van der Waals surface area contributed by atoms with Gasteiger partial charge in [0.1, 0.15) is 6.54 Å². The van der Waals surface area contributed by atoms with E-state index in [9.17, 15) is 23.1 Å². The maximum absolute atomic E-state index is 13.3. The van der Waals surface area contributed by atoms with E-state index in [1.807, 2.05) is 4.90 Å². The van der Waals surface area contributed by atoms with Crippen LogP contribution in [0.4, 0.5) is 19.1 Å². The number of anilines is 1. The maximum atomic E-state index is 13.3. The lowest BCUT2D eigenvalue weighted by Gasteiger charge is -2.28. The monoisotopic (exact) mass is 582 g/mol. The number of piperazine rings is 1. The molecule has 1 aliphatic rings. The molecule has 15 heteroatoms. The van der Waals surface area contributed by atoms with Crippen molar-refractivity contribution in [1.82, 2.24) is 34.4 Å². The van der Waals surface area contributed by atoms with Gasteiger partial charge in [0.15, 0.2) is 17.8 Å². The number of aliphatic hydroxyl groups is 1. The van der Waals surface area contributed by atoms with Crippen LogP contribution in [0.2, 0.25) is 10.0 Å². The van der Waals surface area contributed by atoms with Crippen LogP contribution in [0.15, 0.2) is 53.3 Å². The third-order valence-electron chi connectivity index (χ3n) is 6.16. The molecule has 1 fully saturated rings. The highest BCUT2D eigenvalue weighted by molar-refractivity contribution is 6.32. The van der Waals surface area contributed by atoms with Crippen molar-refractivity contribution >= 4 is 29.2 Å². The number of aromatic nitrogens is 6. The zero-order chi connectivity index (χ0) is 27.7. The van der Waals surface area contributed by atoms with Gasteiger partial charge in [-0.15, -0.1) is 10.2 Å². The van der Waals surface area contributed by atoms with Crippen molar-refractivity contribution in [3.8, 4) is 17.1 Å². The van der Waals surface area contributed by atoms with E-state index in [4.69, 9.17) is 23.2 Å². The molecule has 1 saturated heterocycles. The summed E-state index contributed by atoms with van der Waals surface area (Å²) in [6.45, 7) is 1.53. The van der Waals surface area contributed by atoms with Crippen LogP contribution >= 0.6 is 23.2 Å². The summed E-state index contributed by atoms with van der Waals surface area (Å²) in [6, 6.07) is 13.2. The van der Waals surface area contributed by atoms with Crippen molar-refractivity contribution in [3.05, 3.63) is 74.9 Å². The molecule has 0 saturated carbocycles. The minimum Gasteiger partial charge on any atom is -0.382 e. The predicted octanol–water partition coefficient (Wildman–Crippen LogP) is 2.98. The number of hydrogen-bond acceptors (Lipinski definition) is 7. The minimum absolute atomic E-state index is 0.0622. The molecule has 0 radical (unpaired) electrons. The SMILES string of the molecule is O=c1n(Cc2nc(N3CCNCC3)n(-c3ccccc3Cl)n2)nc(-c2ccc(Cl)cc2)n1CC(O)C(F)(F)F. The lowest BCUT2D eigenvalue weighted by Crippen LogP contribution is -2.44. The predicted molar refractivity (Wildman–Crippen MR) is 140 cm³/mol. The Balaban J connectivity index is 1.56. The van der Waals surface area contributed by atoms with E-state index >= 15 is 0 Å². The summed E-state index contributed by atoms with van der Waals surface area (Å²) < 4.78 is 42.9. The molecular formula is C24H23Cl2F3N8O2. The molecule has 3 heterocycles. The van der Waals surface area contributed by atoms with Gasteiger partial charge in [-0.1, -0.05) is 35.3 Å². The summed E-state index contributed by atoms with van der Waals surface area (Å²) in [5.74, 6) is 0.652. The molecule has 2 aromatic heterocycles. The van der Waals surface area contributed by atoms with Gasteiger partial charge in [-0.25, -0.2) is 9.48 Å². The van der Waals surface area contributed by atoms with Crippen LogP contribution in [-0.4, -0.2) is 72.7 Å². The number of para-hydroxylation sites is 1. The van der Waals surface area contributed by atoms with Crippen molar-refractivity contribution in [2.45, 2.75) is 25.4 Å². The molecule has 0 aliphatic carbocycles. The average Bonchev–Trinajstić information content (AvgIpc) is 3.46. The Morgan fingerprint density at radius 1 is 1.03 bits per heavy atom. The van der Waals surface area contributed by atoms with Crippen LogP contribution in [-0.2, 0) is 13.1 Å². The van der Waals surface area contributed by atoms with Gasteiger partial charge in [-0.3, -0.25) is 4.57 Å². The summed E-state index contributed by atoms with van der Waals surface area (Å²) >= 11 is 12.4. The second kappa shape index (κ2) is 11.0. The molecule has 206 valence electrons. The number of aliphatic hydroxyl groups excluding tert-OH is 1. The third-order valence-corrected chi connectivity index (χ3v) is 6.74. The maximum Gasteiger partial charge on any atom is 0.416 e. The first-order valence-electron chi connectivity index (χ1n) is 12.0.